The zero-order valence-electron chi connectivity index (χ0n) is 11.3. The van der Waals surface area contributed by atoms with Gasteiger partial charge >= 0.3 is 0 Å². The van der Waals surface area contributed by atoms with Crippen molar-refractivity contribution in [3.8, 4) is 0 Å². The van der Waals surface area contributed by atoms with E-state index < -0.39 is 5.82 Å². The minimum Gasteiger partial charge on any atom is -0.380 e. The Kier molecular flexibility index (Phi) is 3.31. The molecule has 0 spiro atoms. The molecule has 20 heavy (non-hydrogen) atoms. The van der Waals surface area contributed by atoms with Gasteiger partial charge in [-0.3, -0.25) is 4.79 Å². The first-order valence-electron chi connectivity index (χ1n) is 6.66. The number of ether oxygens (including phenoxy) is 1. The zero-order chi connectivity index (χ0) is 14.2. The molecule has 1 saturated heterocycles. The van der Waals surface area contributed by atoms with Crippen molar-refractivity contribution in [3.05, 3.63) is 46.0 Å². The summed E-state index contributed by atoms with van der Waals surface area (Å²) in [5.74, 6) is -0.402. The van der Waals surface area contributed by atoms with Crippen LogP contribution in [0.25, 0.3) is 10.9 Å². The van der Waals surface area contributed by atoms with E-state index in [0.717, 1.165) is 19.8 Å². The van der Waals surface area contributed by atoms with E-state index in [0.29, 0.717) is 17.6 Å². The van der Waals surface area contributed by atoms with E-state index in [4.69, 9.17) is 4.74 Å². The van der Waals surface area contributed by atoms with Gasteiger partial charge in [0.05, 0.1) is 18.7 Å². The summed E-state index contributed by atoms with van der Waals surface area (Å²) in [5, 5.41) is 3.67. The molecule has 1 fully saturated rings. The van der Waals surface area contributed by atoms with Gasteiger partial charge in [0.1, 0.15) is 5.82 Å². The van der Waals surface area contributed by atoms with Crippen molar-refractivity contribution in [1.82, 2.24) is 10.3 Å². The van der Waals surface area contributed by atoms with Crippen LogP contribution in [0.4, 0.5) is 4.39 Å². The summed E-state index contributed by atoms with van der Waals surface area (Å²) >= 11 is 0. The first-order valence-corrected chi connectivity index (χ1v) is 6.66. The molecule has 3 rings (SSSR count). The van der Waals surface area contributed by atoms with Gasteiger partial charge in [0, 0.05) is 35.7 Å². The second-order valence-corrected chi connectivity index (χ2v) is 5.73. The summed E-state index contributed by atoms with van der Waals surface area (Å²) < 4.78 is 18.9. The molecule has 0 unspecified atom stereocenters. The number of hydrogen-bond donors (Lipinski definition) is 2. The van der Waals surface area contributed by atoms with Gasteiger partial charge in [-0.15, -0.1) is 0 Å². The van der Waals surface area contributed by atoms with Gasteiger partial charge in [0.2, 0.25) is 0 Å². The second-order valence-electron chi connectivity index (χ2n) is 5.73. The van der Waals surface area contributed by atoms with E-state index in [9.17, 15) is 9.18 Å². The lowest BCUT2D eigenvalue weighted by Gasteiger charge is -2.38. The number of para-hydroxylation sites is 1. The number of aromatic amines is 1. The van der Waals surface area contributed by atoms with E-state index >= 15 is 0 Å². The zero-order valence-corrected chi connectivity index (χ0v) is 11.3. The smallest absolute Gasteiger partial charge is 0.189 e. The molecule has 0 atom stereocenters. The van der Waals surface area contributed by atoms with Crippen LogP contribution in [-0.2, 0) is 11.3 Å². The first kappa shape index (κ1) is 13.3. The van der Waals surface area contributed by atoms with E-state index in [2.05, 4.69) is 17.2 Å². The molecule has 0 bridgehead atoms. The molecule has 0 aliphatic carbocycles. The Morgan fingerprint density at radius 1 is 1.45 bits per heavy atom. The molecule has 4 nitrogen and oxygen atoms in total. The van der Waals surface area contributed by atoms with Crippen molar-refractivity contribution in [2.24, 2.45) is 5.41 Å². The fourth-order valence-electron chi connectivity index (χ4n) is 2.44. The molecule has 1 aromatic carbocycles. The van der Waals surface area contributed by atoms with Gasteiger partial charge in [-0.25, -0.2) is 4.39 Å². The molecular weight excluding hydrogens is 259 g/mol. The lowest BCUT2D eigenvalue weighted by atomic mass is 9.89. The van der Waals surface area contributed by atoms with Gasteiger partial charge in [-0.1, -0.05) is 13.0 Å². The van der Waals surface area contributed by atoms with Crippen LogP contribution in [-0.4, -0.2) is 24.7 Å². The van der Waals surface area contributed by atoms with Crippen LogP contribution in [0, 0.1) is 11.2 Å². The molecule has 0 amide bonds. The summed E-state index contributed by atoms with van der Waals surface area (Å²) in [7, 11) is 0. The fraction of sp³-hybridized carbons (Fsp3) is 0.400. The highest BCUT2D eigenvalue weighted by Crippen LogP contribution is 2.25. The highest BCUT2D eigenvalue weighted by atomic mass is 19.1. The van der Waals surface area contributed by atoms with E-state index in [1.807, 2.05) is 0 Å². The Bertz CT molecular complexity index is 692. The molecule has 0 radical (unpaired) electrons. The molecule has 2 N–H and O–H groups in total. The Morgan fingerprint density at radius 2 is 2.25 bits per heavy atom. The molecule has 5 heteroatoms. The Morgan fingerprint density at radius 3 is 2.95 bits per heavy atom. The number of aromatic nitrogens is 1. The van der Waals surface area contributed by atoms with Crippen molar-refractivity contribution in [2.45, 2.75) is 13.5 Å². The number of pyridine rings is 1. The van der Waals surface area contributed by atoms with Crippen molar-refractivity contribution < 1.29 is 9.13 Å². The van der Waals surface area contributed by atoms with Crippen LogP contribution in [0.15, 0.2) is 29.1 Å². The maximum Gasteiger partial charge on any atom is 0.189 e. The molecule has 106 valence electrons. The predicted molar refractivity (Wildman–Crippen MR) is 75.2 cm³/mol. The third kappa shape index (κ3) is 2.46. The highest BCUT2D eigenvalue weighted by molar-refractivity contribution is 5.78. The molecule has 1 aromatic heterocycles. The summed E-state index contributed by atoms with van der Waals surface area (Å²) in [6.07, 6.45) is 0. The monoisotopic (exact) mass is 276 g/mol. The van der Waals surface area contributed by atoms with Crippen LogP contribution in [0.1, 0.15) is 12.6 Å². The standard InChI is InChI=1S/C15H17FN2O2/c1-15(8-20-9-15)7-17-6-10-5-13(19)11-3-2-4-12(16)14(11)18-10/h2-5,17H,6-9H2,1H3,(H,18,19). The van der Waals surface area contributed by atoms with Gasteiger partial charge in [0.25, 0.3) is 0 Å². The van der Waals surface area contributed by atoms with Crippen molar-refractivity contribution in [1.29, 1.82) is 0 Å². The van der Waals surface area contributed by atoms with Crippen molar-refractivity contribution in [2.75, 3.05) is 19.8 Å². The summed E-state index contributed by atoms with van der Waals surface area (Å²) in [6, 6.07) is 6.04. The Balaban J connectivity index is 1.78. The maximum absolute atomic E-state index is 13.7. The quantitative estimate of drug-likeness (QED) is 0.895. The predicted octanol–water partition coefficient (Wildman–Crippen LogP) is 1.79. The van der Waals surface area contributed by atoms with E-state index in [-0.39, 0.29) is 16.4 Å². The Hall–Kier alpha value is -1.72. The van der Waals surface area contributed by atoms with Gasteiger partial charge in [0.15, 0.2) is 5.43 Å². The average Bonchev–Trinajstić information content (AvgIpc) is 2.38. The number of halogens is 1. The lowest BCUT2D eigenvalue weighted by molar-refractivity contribution is -0.0991. The molecular formula is C15H17FN2O2. The number of benzene rings is 1. The van der Waals surface area contributed by atoms with E-state index in [1.165, 1.54) is 12.1 Å². The summed E-state index contributed by atoms with van der Waals surface area (Å²) in [6.45, 7) is 4.97. The van der Waals surface area contributed by atoms with Crippen LogP contribution < -0.4 is 10.7 Å². The third-order valence-corrected chi connectivity index (χ3v) is 3.64. The normalized spacial score (nSPS) is 17.1. The molecule has 2 aromatic rings. The molecule has 1 aliphatic rings. The van der Waals surface area contributed by atoms with E-state index in [1.54, 1.807) is 12.1 Å². The largest absolute Gasteiger partial charge is 0.380 e. The summed E-state index contributed by atoms with van der Waals surface area (Å²) in [5.41, 5.74) is 0.974. The Labute approximate surface area is 116 Å². The van der Waals surface area contributed by atoms with Crippen LogP contribution in [0.5, 0.6) is 0 Å². The topological polar surface area (TPSA) is 54.1 Å². The van der Waals surface area contributed by atoms with Crippen molar-refractivity contribution >= 4 is 10.9 Å². The molecule has 1 aliphatic heterocycles. The summed E-state index contributed by atoms with van der Waals surface area (Å²) in [4.78, 5) is 14.9. The number of nitrogens with one attached hydrogen (secondary N) is 2. The highest BCUT2D eigenvalue weighted by Gasteiger charge is 2.32. The van der Waals surface area contributed by atoms with Crippen LogP contribution in [0.3, 0.4) is 0 Å². The third-order valence-electron chi connectivity index (χ3n) is 3.64. The number of hydrogen-bond acceptors (Lipinski definition) is 3. The van der Waals surface area contributed by atoms with Gasteiger partial charge < -0.3 is 15.0 Å². The SMILES string of the molecule is CC1(CNCc2cc(=O)c3cccc(F)c3[nH]2)COC1. The number of fused-ring (bicyclic) bond motifs is 1. The number of rotatable bonds is 4. The average molecular weight is 276 g/mol. The van der Waals surface area contributed by atoms with Crippen LogP contribution in [0.2, 0.25) is 0 Å². The second kappa shape index (κ2) is 5.00. The van der Waals surface area contributed by atoms with Crippen LogP contribution >= 0.6 is 0 Å². The van der Waals surface area contributed by atoms with Crippen molar-refractivity contribution in [3.63, 3.8) is 0 Å². The molecule has 2 heterocycles. The molecule has 0 saturated carbocycles. The fourth-order valence-corrected chi connectivity index (χ4v) is 2.44. The first-order chi connectivity index (χ1) is 9.57. The lowest BCUT2D eigenvalue weighted by Crippen LogP contribution is -2.47. The van der Waals surface area contributed by atoms with Gasteiger partial charge in [-0.05, 0) is 12.1 Å². The minimum absolute atomic E-state index is 0.159. The number of H-pyrrole nitrogens is 1. The minimum atomic E-state index is -0.402. The maximum atomic E-state index is 13.7. The van der Waals surface area contributed by atoms with Gasteiger partial charge in [-0.2, -0.15) is 0 Å².